The van der Waals surface area contributed by atoms with Crippen LogP contribution in [0.3, 0.4) is 0 Å². The van der Waals surface area contributed by atoms with Gasteiger partial charge in [0.25, 0.3) is 10.0 Å². The Morgan fingerprint density at radius 1 is 1.18 bits per heavy atom. The van der Waals surface area contributed by atoms with Gasteiger partial charge in [0.1, 0.15) is 0 Å². The molecule has 1 amide bonds. The van der Waals surface area contributed by atoms with Crippen molar-refractivity contribution >= 4 is 27.6 Å². The average Bonchev–Trinajstić information content (AvgIpc) is 2.61. The number of benzene rings is 1. The third kappa shape index (κ3) is 8.65. The number of carbonyl (C=O) groups is 1. The van der Waals surface area contributed by atoms with Crippen LogP contribution in [0.25, 0.3) is 0 Å². The molecule has 28 heavy (non-hydrogen) atoms. The molecule has 0 bridgehead atoms. The van der Waals surface area contributed by atoms with Gasteiger partial charge in [-0.05, 0) is 38.4 Å². The minimum atomic E-state index is -3.87. The highest BCUT2D eigenvalue weighted by atomic mass is 32.2. The summed E-state index contributed by atoms with van der Waals surface area (Å²) in [6, 6.07) is 5.83. The van der Waals surface area contributed by atoms with Crippen molar-refractivity contribution in [1.82, 2.24) is 14.9 Å². The second-order valence-electron chi connectivity index (χ2n) is 6.13. The molecule has 0 fully saturated rings. The van der Waals surface area contributed by atoms with E-state index in [-0.39, 0.29) is 23.3 Å². The molecule has 0 saturated carbocycles. The molecule has 0 spiro atoms. The molecule has 0 unspecified atom stereocenters. The fourth-order valence-electron chi connectivity index (χ4n) is 2.04. The van der Waals surface area contributed by atoms with Gasteiger partial charge in [-0.3, -0.25) is 4.79 Å². The predicted molar refractivity (Wildman–Crippen MR) is 108 cm³/mol. The number of hydrogen-bond donors (Lipinski definition) is 3. The molecule has 1 aromatic carbocycles. The van der Waals surface area contributed by atoms with Crippen molar-refractivity contribution in [3.05, 3.63) is 24.3 Å². The summed E-state index contributed by atoms with van der Waals surface area (Å²) >= 11 is 0. The van der Waals surface area contributed by atoms with Gasteiger partial charge in [0.05, 0.1) is 11.4 Å². The van der Waals surface area contributed by atoms with Gasteiger partial charge in [0.2, 0.25) is 11.9 Å². The quantitative estimate of drug-likeness (QED) is 0.280. The van der Waals surface area contributed by atoms with Crippen molar-refractivity contribution in [2.75, 3.05) is 53.3 Å². The summed E-state index contributed by atoms with van der Waals surface area (Å²) in [7, 11) is 2.90. The normalized spacial score (nSPS) is 12.3. The summed E-state index contributed by atoms with van der Waals surface area (Å²) in [4.78, 5) is 17.3. The van der Waals surface area contributed by atoms with Crippen LogP contribution in [0.5, 0.6) is 0 Å². The molecule has 0 aliphatic rings. The van der Waals surface area contributed by atoms with Gasteiger partial charge >= 0.3 is 0 Å². The van der Waals surface area contributed by atoms with Crippen molar-refractivity contribution in [2.24, 2.45) is 4.99 Å². The van der Waals surface area contributed by atoms with Crippen LogP contribution in [0.1, 0.15) is 6.92 Å². The molecule has 0 radical (unpaired) electrons. The Labute approximate surface area is 166 Å². The molecule has 0 aromatic heterocycles. The third-order valence-corrected chi connectivity index (χ3v) is 4.85. The van der Waals surface area contributed by atoms with E-state index in [0.717, 1.165) is 0 Å². The van der Waals surface area contributed by atoms with Crippen LogP contribution < -0.4 is 15.4 Å². The van der Waals surface area contributed by atoms with Crippen LogP contribution in [0.15, 0.2) is 34.2 Å². The number of methoxy groups -OCH3 is 2. The van der Waals surface area contributed by atoms with Gasteiger partial charge in [0.15, 0.2) is 6.29 Å². The van der Waals surface area contributed by atoms with Crippen molar-refractivity contribution < 1.29 is 22.7 Å². The Kier molecular flexibility index (Phi) is 9.87. The second-order valence-corrected chi connectivity index (χ2v) is 7.81. The lowest BCUT2D eigenvalue weighted by atomic mass is 10.3. The number of sulfonamides is 1. The van der Waals surface area contributed by atoms with Gasteiger partial charge in [-0.15, -0.1) is 0 Å². The number of aliphatic imine (C=N–C) groups is 1. The van der Waals surface area contributed by atoms with Crippen molar-refractivity contribution in [1.29, 1.82) is 0 Å². The fraction of sp³-hybridized carbons (Fsp3) is 0.529. The Balaban J connectivity index is 2.93. The zero-order chi connectivity index (χ0) is 21.2. The predicted octanol–water partition coefficient (Wildman–Crippen LogP) is 0.0494. The monoisotopic (exact) mass is 415 g/mol. The molecule has 158 valence electrons. The first kappa shape index (κ1) is 23.8. The first-order valence-electron chi connectivity index (χ1n) is 8.57. The third-order valence-electron chi connectivity index (χ3n) is 3.49. The highest BCUT2D eigenvalue weighted by Gasteiger charge is 2.17. The molecule has 3 N–H and O–H groups in total. The molecule has 0 aliphatic heterocycles. The number of ether oxygens (including phenoxy) is 2. The van der Waals surface area contributed by atoms with Crippen LogP contribution in [-0.2, 0) is 24.3 Å². The summed E-state index contributed by atoms with van der Waals surface area (Å²) in [5.41, 5.74) is 0.507. The molecule has 0 atom stereocenters. The topological polar surface area (TPSA) is 121 Å². The number of amides is 1. The number of rotatable bonds is 10. The molecule has 0 aliphatic carbocycles. The van der Waals surface area contributed by atoms with Crippen LogP contribution >= 0.6 is 0 Å². The number of anilines is 1. The van der Waals surface area contributed by atoms with Crippen LogP contribution in [0.2, 0.25) is 0 Å². The van der Waals surface area contributed by atoms with E-state index in [2.05, 4.69) is 20.3 Å². The SMILES string of the molecule is COC(CN=C(NCCN(C)C)NS(=O)(=O)c1ccc(NC(C)=O)cc1)OC. The number of nitrogens with zero attached hydrogens (tertiary/aromatic N) is 2. The van der Waals surface area contributed by atoms with E-state index in [1.54, 1.807) is 0 Å². The Hall–Kier alpha value is -2.21. The largest absolute Gasteiger partial charge is 0.354 e. The van der Waals surface area contributed by atoms with Crippen LogP contribution in [0, 0.1) is 0 Å². The molecule has 1 rings (SSSR count). The summed E-state index contributed by atoms with van der Waals surface area (Å²) in [5.74, 6) is -0.147. The highest BCUT2D eigenvalue weighted by Crippen LogP contribution is 2.13. The van der Waals surface area contributed by atoms with Gasteiger partial charge in [-0.1, -0.05) is 0 Å². The zero-order valence-electron chi connectivity index (χ0n) is 16.9. The molecule has 10 nitrogen and oxygen atoms in total. The average molecular weight is 416 g/mol. The van der Waals surface area contributed by atoms with E-state index in [1.807, 2.05) is 19.0 Å². The van der Waals surface area contributed by atoms with Crippen molar-refractivity contribution in [2.45, 2.75) is 18.1 Å². The number of carbonyl (C=O) groups excluding carboxylic acids is 1. The Morgan fingerprint density at radius 2 is 1.79 bits per heavy atom. The number of hydrogen-bond acceptors (Lipinski definition) is 7. The summed E-state index contributed by atoms with van der Waals surface area (Å²) in [6.45, 7) is 2.66. The lowest BCUT2D eigenvalue weighted by Crippen LogP contribution is -2.43. The fourth-order valence-corrected chi connectivity index (χ4v) is 3.04. The van der Waals surface area contributed by atoms with Crippen LogP contribution in [0.4, 0.5) is 5.69 Å². The van der Waals surface area contributed by atoms with Crippen molar-refractivity contribution in [3.63, 3.8) is 0 Å². The lowest BCUT2D eigenvalue weighted by molar-refractivity contribution is -0.114. The second kappa shape index (κ2) is 11.6. The van der Waals surface area contributed by atoms with Crippen molar-refractivity contribution in [3.8, 4) is 0 Å². The van der Waals surface area contributed by atoms with E-state index in [0.29, 0.717) is 18.8 Å². The maximum absolute atomic E-state index is 12.7. The minimum Gasteiger partial charge on any atom is -0.354 e. The summed E-state index contributed by atoms with van der Waals surface area (Å²) in [6.07, 6.45) is -0.591. The lowest BCUT2D eigenvalue weighted by Gasteiger charge is -2.17. The molecule has 0 heterocycles. The van der Waals surface area contributed by atoms with E-state index in [4.69, 9.17) is 9.47 Å². The Morgan fingerprint density at radius 3 is 2.29 bits per heavy atom. The molecule has 1 aromatic rings. The first-order chi connectivity index (χ1) is 13.2. The molecule has 0 saturated heterocycles. The van der Waals surface area contributed by atoms with E-state index in [9.17, 15) is 13.2 Å². The first-order valence-corrected chi connectivity index (χ1v) is 10.1. The zero-order valence-corrected chi connectivity index (χ0v) is 17.7. The van der Waals surface area contributed by atoms with Gasteiger partial charge in [0, 0.05) is 39.9 Å². The Bertz CT molecular complexity index is 746. The van der Waals surface area contributed by atoms with Gasteiger partial charge in [-0.2, -0.15) is 0 Å². The standard InChI is InChI=1S/C17H29N5O5S/c1-13(23)20-14-6-8-15(9-7-14)28(24,25)21-17(18-10-11-22(2)3)19-12-16(26-4)27-5/h6-9,16H,10-12H2,1-5H3,(H,20,23)(H2,18,19,21). The molecular formula is C17H29N5O5S. The van der Waals surface area contributed by atoms with Gasteiger partial charge < -0.3 is 25.0 Å². The number of likely N-dealkylation sites (N-methyl/N-ethyl adjacent to an activating group) is 1. The smallest absolute Gasteiger partial charge is 0.264 e. The summed E-state index contributed by atoms with van der Waals surface area (Å²) in [5, 5.41) is 5.55. The van der Waals surface area contributed by atoms with Crippen LogP contribution in [-0.4, -0.2) is 79.4 Å². The number of guanidine groups is 1. The highest BCUT2D eigenvalue weighted by molar-refractivity contribution is 7.90. The van der Waals surface area contributed by atoms with E-state index < -0.39 is 16.3 Å². The molecule has 11 heteroatoms. The van der Waals surface area contributed by atoms with E-state index in [1.165, 1.54) is 45.4 Å². The maximum Gasteiger partial charge on any atom is 0.264 e. The minimum absolute atomic E-state index is 0.0405. The van der Waals surface area contributed by atoms with Gasteiger partial charge in [-0.25, -0.2) is 18.1 Å². The van der Waals surface area contributed by atoms with E-state index >= 15 is 0 Å². The number of nitrogens with one attached hydrogen (secondary N) is 3. The summed E-state index contributed by atoms with van der Waals surface area (Å²) < 4.78 is 37.9. The molecular weight excluding hydrogens is 386 g/mol. The maximum atomic E-state index is 12.7.